The third kappa shape index (κ3) is 2.46. The number of aromatic nitrogens is 2. The van der Waals surface area contributed by atoms with E-state index in [1.807, 2.05) is 0 Å². The molecule has 3 heterocycles. The van der Waals surface area contributed by atoms with Crippen LogP contribution < -0.4 is 5.32 Å². The maximum absolute atomic E-state index is 11.4. The third-order valence-electron chi connectivity index (χ3n) is 3.68. The van der Waals surface area contributed by atoms with Crippen LogP contribution in [0.25, 0.3) is 0 Å². The Morgan fingerprint density at radius 1 is 1.42 bits per heavy atom. The Hall–Kier alpha value is -1.53. The van der Waals surface area contributed by atoms with E-state index >= 15 is 0 Å². The van der Waals surface area contributed by atoms with Gasteiger partial charge in [0.25, 0.3) is 0 Å². The normalized spacial score (nSPS) is 22.8. The molecule has 1 fully saturated rings. The highest BCUT2D eigenvalue weighted by Gasteiger charge is 2.25. The first-order valence-corrected chi connectivity index (χ1v) is 6.67. The van der Waals surface area contributed by atoms with E-state index in [1.165, 1.54) is 0 Å². The molecule has 1 unspecified atom stereocenters. The van der Waals surface area contributed by atoms with Gasteiger partial charge in [-0.15, -0.1) is 0 Å². The molecule has 102 valence electrons. The highest BCUT2D eigenvalue weighted by atomic mass is 16.5. The monoisotopic (exact) mass is 263 g/mol. The summed E-state index contributed by atoms with van der Waals surface area (Å²) < 4.78 is 5.44. The highest BCUT2D eigenvalue weighted by Crippen LogP contribution is 2.25. The molecule has 0 saturated carbocycles. The van der Waals surface area contributed by atoms with E-state index in [0.717, 1.165) is 43.7 Å². The number of fused-ring (bicyclic) bond motifs is 1. The molecule has 0 aliphatic carbocycles. The van der Waals surface area contributed by atoms with Crippen molar-refractivity contribution in [3.05, 3.63) is 22.8 Å². The average Bonchev–Trinajstić information content (AvgIpc) is 2.47. The molecule has 1 atom stereocenters. The second-order valence-electron chi connectivity index (χ2n) is 5.00. The van der Waals surface area contributed by atoms with Crippen molar-refractivity contribution in [2.24, 2.45) is 0 Å². The zero-order chi connectivity index (χ0) is 13.2. The molecule has 2 N–H and O–H groups in total. The van der Waals surface area contributed by atoms with Crippen LogP contribution in [0.15, 0.2) is 0 Å². The quantitative estimate of drug-likeness (QED) is 0.817. The van der Waals surface area contributed by atoms with E-state index in [1.54, 1.807) is 0 Å². The summed E-state index contributed by atoms with van der Waals surface area (Å²) in [6, 6.07) is 0. The number of carbonyl (C=O) groups is 1. The molecular weight excluding hydrogens is 246 g/mol. The first-order valence-electron chi connectivity index (χ1n) is 6.67. The van der Waals surface area contributed by atoms with Gasteiger partial charge in [0.2, 0.25) is 0 Å². The van der Waals surface area contributed by atoms with Crippen molar-refractivity contribution < 1.29 is 14.6 Å². The van der Waals surface area contributed by atoms with Crippen LogP contribution in [-0.2, 0) is 17.7 Å². The Kier molecular flexibility index (Phi) is 3.44. The molecule has 0 bridgehead atoms. The Morgan fingerprint density at radius 2 is 2.32 bits per heavy atom. The lowest BCUT2D eigenvalue weighted by molar-refractivity contribution is 0.0680. The number of nitrogens with zero attached hydrogens (tertiary/aromatic N) is 2. The van der Waals surface area contributed by atoms with Crippen LogP contribution in [0.3, 0.4) is 0 Å². The molecule has 2 aliphatic rings. The largest absolute Gasteiger partial charge is 0.476 e. The van der Waals surface area contributed by atoms with Gasteiger partial charge in [-0.2, -0.15) is 0 Å². The van der Waals surface area contributed by atoms with Crippen molar-refractivity contribution in [2.45, 2.75) is 31.7 Å². The Labute approximate surface area is 111 Å². The minimum absolute atomic E-state index is 0.132. The molecule has 0 aromatic carbocycles. The van der Waals surface area contributed by atoms with E-state index < -0.39 is 5.97 Å². The van der Waals surface area contributed by atoms with Crippen LogP contribution in [0.4, 0.5) is 0 Å². The first kappa shape index (κ1) is 12.5. The summed E-state index contributed by atoms with van der Waals surface area (Å²) in [5.41, 5.74) is 1.77. The standard InChI is InChI=1S/C13H17N3O3/c17-13(18)11-9-6-14-4-3-10(9)15-12(16-11)8-2-1-5-19-7-8/h8,14H,1-7H2,(H,17,18). The van der Waals surface area contributed by atoms with Gasteiger partial charge in [-0.05, 0) is 12.8 Å². The predicted octanol–water partition coefficient (Wildman–Crippen LogP) is 0.714. The lowest BCUT2D eigenvalue weighted by Gasteiger charge is -2.24. The number of hydrogen-bond donors (Lipinski definition) is 2. The molecule has 1 saturated heterocycles. The number of ether oxygens (including phenoxy) is 1. The van der Waals surface area contributed by atoms with Crippen LogP contribution in [0.2, 0.25) is 0 Å². The molecule has 0 radical (unpaired) electrons. The van der Waals surface area contributed by atoms with Crippen LogP contribution in [-0.4, -0.2) is 40.8 Å². The van der Waals surface area contributed by atoms with Crippen molar-refractivity contribution in [3.8, 4) is 0 Å². The second kappa shape index (κ2) is 5.22. The lowest BCUT2D eigenvalue weighted by Crippen LogP contribution is -2.29. The van der Waals surface area contributed by atoms with E-state index in [4.69, 9.17) is 4.74 Å². The molecule has 3 rings (SSSR count). The van der Waals surface area contributed by atoms with Crippen molar-refractivity contribution in [2.75, 3.05) is 19.8 Å². The van der Waals surface area contributed by atoms with Crippen molar-refractivity contribution in [3.63, 3.8) is 0 Å². The Bertz CT molecular complexity index is 498. The molecule has 6 heteroatoms. The van der Waals surface area contributed by atoms with Gasteiger partial charge in [0.1, 0.15) is 5.82 Å². The van der Waals surface area contributed by atoms with E-state index in [2.05, 4.69) is 15.3 Å². The molecule has 2 aliphatic heterocycles. The molecular formula is C13H17N3O3. The summed E-state index contributed by atoms with van der Waals surface area (Å²) in [7, 11) is 0. The van der Waals surface area contributed by atoms with Gasteiger partial charge >= 0.3 is 5.97 Å². The summed E-state index contributed by atoms with van der Waals surface area (Å²) in [5.74, 6) is -0.204. The maximum Gasteiger partial charge on any atom is 0.354 e. The van der Waals surface area contributed by atoms with Crippen LogP contribution in [0.1, 0.15) is 46.3 Å². The van der Waals surface area contributed by atoms with Gasteiger partial charge in [0.15, 0.2) is 5.69 Å². The number of rotatable bonds is 2. The molecule has 0 spiro atoms. The fourth-order valence-corrected chi connectivity index (χ4v) is 2.67. The number of nitrogens with one attached hydrogen (secondary N) is 1. The number of carboxylic acid groups (broad SMARTS) is 1. The fraction of sp³-hybridized carbons (Fsp3) is 0.615. The fourth-order valence-electron chi connectivity index (χ4n) is 2.67. The topological polar surface area (TPSA) is 84.3 Å². The predicted molar refractivity (Wildman–Crippen MR) is 67.2 cm³/mol. The van der Waals surface area contributed by atoms with Crippen LogP contribution >= 0.6 is 0 Å². The molecule has 1 aromatic rings. The minimum Gasteiger partial charge on any atom is -0.476 e. The summed E-state index contributed by atoms with van der Waals surface area (Å²) in [4.78, 5) is 20.2. The third-order valence-corrected chi connectivity index (χ3v) is 3.68. The maximum atomic E-state index is 11.4. The summed E-state index contributed by atoms with van der Waals surface area (Å²) >= 11 is 0. The van der Waals surface area contributed by atoms with Gasteiger partial charge in [-0.1, -0.05) is 0 Å². The van der Waals surface area contributed by atoms with Gasteiger partial charge < -0.3 is 15.2 Å². The Morgan fingerprint density at radius 3 is 3.05 bits per heavy atom. The molecule has 6 nitrogen and oxygen atoms in total. The number of carboxylic acids is 1. The van der Waals surface area contributed by atoms with Gasteiger partial charge in [-0.3, -0.25) is 0 Å². The number of hydrogen-bond acceptors (Lipinski definition) is 5. The second-order valence-corrected chi connectivity index (χ2v) is 5.00. The van der Waals surface area contributed by atoms with E-state index in [0.29, 0.717) is 19.0 Å². The van der Waals surface area contributed by atoms with Crippen molar-refractivity contribution in [1.29, 1.82) is 0 Å². The molecule has 0 amide bonds. The minimum atomic E-state index is -0.972. The van der Waals surface area contributed by atoms with Gasteiger partial charge in [0, 0.05) is 37.6 Å². The van der Waals surface area contributed by atoms with Gasteiger partial charge in [0.05, 0.1) is 12.3 Å². The smallest absolute Gasteiger partial charge is 0.354 e. The molecule has 1 aromatic heterocycles. The Balaban J connectivity index is 2.00. The summed E-state index contributed by atoms with van der Waals surface area (Å²) in [5, 5.41) is 12.5. The average molecular weight is 263 g/mol. The van der Waals surface area contributed by atoms with Crippen LogP contribution in [0, 0.1) is 0 Å². The van der Waals surface area contributed by atoms with Gasteiger partial charge in [-0.25, -0.2) is 14.8 Å². The van der Waals surface area contributed by atoms with E-state index in [9.17, 15) is 9.90 Å². The zero-order valence-corrected chi connectivity index (χ0v) is 10.7. The zero-order valence-electron chi connectivity index (χ0n) is 10.7. The number of aromatic carboxylic acids is 1. The summed E-state index contributed by atoms with van der Waals surface area (Å²) in [6.07, 6.45) is 2.71. The molecule has 19 heavy (non-hydrogen) atoms. The summed E-state index contributed by atoms with van der Waals surface area (Å²) in [6.45, 7) is 2.75. The SMILES string of the molecule is O=C(O)c1nc(C2CCCOC2)nc2c1CNCC2. The van der Waals surface area contributed by atoms with E-state index in [-0.39, 0.29) is 11.6 Å². The van der Waals surface area contributed by atoms with Crippen molar-refractivity contribution in [1.82, 2.24) is 15.3 Å². The highest BCUT2D eigenvalue weighted by molar-refractivity contribution is 5.87. The van der Waals surface area contributed by atoms with Crippen molar-refractivity contribution >= 4 is 5.97 Å². The van der Waals surface area contributed by atoms with Crippen LogP contribution in [0.5, 0.6) is 0 Å². The first-order chi connectivity index (χ1) is 9.25. The lowest BCUT2D eigenvalue weighted by atomic mass is 9.99.